The molecule has 1 saturated heterocycles. The Bertz CT molecular complexity index is 558. The summed E-state index contributed by atoms with van der Waals surface area (Å²) < 4.78 is 0. The van der Waals surface area contributed by atoms with E-state index in [2.05, 4.69) is 37.8 Å². The number of fused-ring (bicyclic) bond motifs is 1. The summed E-state index contributed by atoms with van der Waals surface area (Å²) in [5.41, 5.74) is 5.19. The molecule has 0 radical (unpaired) electrons. The van der Waals surface area contributed by atoms with Gasteiger partial charge in [0.1, 0.15) is 6.04 Å². The summed E-state index contributed by atoms with van der Waals surface area (Å²) >= 11 is 0. The Hall–Kier alpha value is -1.35. The molecule has 120 valence electrons. The summed E-state index contributed by atoms with van der Waals surface area (Å²) in [5.74, 6) is -0.0577. The molecule has 3 unspecified atom stereocenters. The first kappa shape index (κ1) is 15.5. The third kappa shape index (κ3) is 2.79. The minimum atomic E-state index is -0.642. The summed E-state index contributed by atoms with van der Waals surface area (Å²) in [7, 11) is 0. The smallest absolute Gasteiger partial charge is 0.320 e. The molecule has 2 fully saturated rings. The highest BCUT2D eigenvalue weighted by molar-refractivity contribution is 5.74. The van der Waals surface area contributed by atoms with Crippen molar-refractivity contribution < 1.29 is 9.90 Å². The van der Waals surface area contributed by atoms with Crippen molar-refractivity contribution in [3.05, 3.63) is 34.4 Å². The van der Waals surface area contributed by atoms with Crippen molar-refractivity contribution >= 4 is 5.97 Å². The van der Waals surface area contributed by atoms with Crippen LogP contribution in [-0.2, 0) is 11.3 Å². The van der Waals surface area contributed by atoms with Gasteiger partial charge < -0.3 is 5.11 Å². The molecular weight excluding hydrogens is 274 g/mol. The van der Waals surface area contributed by atoms with E-state index < -0.39 is 5.97 Å². The summed E-state index contributed by atoms with van der Waals surface area (Å²) in [6, 6.07) is 4.60. The van der Waals surface area contributed by atoms with Gasteiger partial charge in [-0.05, 0) is 62.6 Å². The van der Waals surface area contributed by atoms with Gasteiger partial charge in [0.05, 0.1) is 0 Å². The SMILES string of the molecule is Cc1cc(C)c(CN2C(C(=O)O)CC3CCCCC32)c(C)c1. The number of nitrogens with zero attached hydrogens (tertiary/aromatic N) is 1. The number of aliphatic carboxylic acids is 1. The molecule has 3 atom stereocenters. The number of aryl methyl sites for hydroxylation is 3. The molecule has 1 aliphatic carbocycles. The van der Waals surface area contributed by atoms with Crippen molar-refractivity contribution in [2.45, 2.75) is 71.5 Å². The quantitative estimate of drug-likeness (QED) is 0.922. The van der Waals surface area contributed by atoms with Crippen LogP contribution in [0.15, 0.2) is 12.1 Å². The molecule has 3 rings (SSSR count). The molecule has 1 N–H and O–H groups in total. The van der Waals surface area contributed by atoms with Crippen molar-refractivity contribution in [1.29, 1.82) is 0 Å². The van der Waals surface area contributed by atoms with Gasteiger partial charge in [0.2, 0.25) is 0 Å². The normalized spacial score (nSPS) is 28.6. The lowest BCUT2D eigenvalue weighted by atomic mass is 9.84. The highest BCUT2D eigenvalue weighted by Crippen LogP contribution is 2.41. The van der Waals surface area contributed by atoms with E-state index in [0.29, 0.717) is 12.0 Å². The maximum Gasteiger partial charge on any atom is 0.320 e. The van der Waals surface area contributed by atoms with E-state index in [1.165, 1.54) is 47.9 Å². The molecule has 3 nitrogen and oxygen atoms in total. The highest BCUT2D eigenvalue weighted by Gasteiger charge is 2.45. The van der Waals surface area contributed by atoms with E-state index in [0.717, 1.165) is 13.0 Å². The number of rotatable bonds is 3. The second-order valence-electron chi connectivity index (χ2n) is 7.25. The number of benzene rings is 1. The molecule has 1 aromatic carbocycles. The second kappa shape index (κ2) is 6.04. The van der Waals surface area contributed by atoms with Crippen molar-refractivity contribution in [2.75, 3.05) is 0 Å². The van der Waals surface area contributed by atoms with E-state index in [9.17, 15) is 9.90 Å². The van der Waals surface area contributed by atoms with E-state index in [1.807, 2.05) is 0 Å². The van der Waals surface area contributed by atoms with Crippen LogP contribution in [0.5, 0.6) is 0 Å². The Kier molecular flexibility index (Phi) is 4.26. The molecule has 1 heterocycles. The van der Waals surface area contributed by atoms with Crippen LogP contribution in [0.3, 0.4) is 0 Å². The minimum Gasteiger partial charge on any atom is -0.480 e. The van der Waals surface area contributed by atoms with E-state index in [-0.39, 0.29) is 6.04 Å². The number of carbonyl (C=O) groups is 1. The van der Waals surface area contributed by atoms with Crippen LogP contribution in [0.1, 0.15) is 54.4 Å². The summed E-state index contributed by atoms with van der Waals surface area (Å²) in [4.78, 5) is 14.0. The number of hydrogen-bond donors (Lipinski definition) is 1. The van der Waals surface area contributed by atoms with Gasteiger partial charge in [-0.15, -0.1) is 0 Å². The Morgan fingerprint density at radius 1 is 1.18 bits per heavy atom. The van der Waals surface area contributed by atoms with E-state index >= 15 is 0 Å². The van der Waals surface area contributed by atoms with Crippen LogP contribution < -0.4 is 0 Å². The van der Waals surface area contributed by atoms with Gasteiger partial charge in [0.15, 0.2) is 0 Å². The number of carboxylic acids is 1. The third-order valence-corrected chi connectivity index (χ3v) is 5.69. The molecule has 3 heteroatoms. The van der Waals surface area contributed by atoms with Gasteiger partial charge in [-0.3, -0.25) is 9.69 Å². The number of carboxylic acid groups (broad SMARTS) is 1. The first-order valence-corrected chi connectivity index (χ1v) is 8.52. The molecule has 22 heavy (non-hydrogen) atoms. The molecule has 0 bridgehead atoms. The zero-order chi connectivity index (χ0) is 15.9. The summed E-state index contributed by atoms with van der Waals surface area (Å²) in [6.45, 7) is 7.21. The Labute approximate surface area is 133 Å². The zero-order valence-corrected chi connectivity index (χ0v) is 13.9. The van der Waals surface area contributed by atoms with Gasteiger partial charge >= 0.3 is 5.97 Å². The van der Waals surface area contributed by atoms with Crippen LogP contribution in [-0.4, -0.2) is 28.1 Å². The monoisotopic (exact) mass is 301 g/mol. The maximum atomic E-state index is 11.7. The lowest BCUT2D eigenvalue weighted by molar-refractivity contribution is -0.142. The zero-order valence-electron chi connectivity index (χ0n) is 13.9. The Morgan fingerprint density at radius 2 is 1.82 bits per heavy atom. The molecule has 2 aliphatic rings. The van der Waals surface area contributed by atoms with Crippen LogP contribution >= 0.6 is 0 Å². The molecule has 1 aliphatic heterocycles. The lowest BCUT2D eigenvalue weighted by Gasteiger charge is -2.33. The summed E-state index contributed by atoms with van der Waals surface area (Å²) in [5, 5.41) is 9.65. The van der Waals surface area contributed by atoms with Gasteiger partial charge in [0, 0.05) is 12.6 Å². The second-order valence-corrected chi connectivity index (χ2v) is 7.25. The Morgan fingerprint density at radius 3 is 2.45 bits per heavy atom. The first-order chi connectivity index (χ1) is 10.5. The summed E-state index contributed by atoms with van der Waals surface area (Å²) in [6.07, 6.45) is 5.72. The predicted molar refractivity (Wildman–Crippen MR) is 88.0 cm³/mol. The molecule has 1 saturated carbocycles. The van der Waals surface area contributed by atoms with Crippen molar-refractivity contribution in [3.63, 3.8) is 0 Å². The lowest BCUT2D eigenvalue weighted by Crippen LogP contribution is -2.41. The predicted octanol–water partition coefficient (Wildman–Crippen LogP) is 3.83. The van der Waals surface area contributed by atoms with E-state index in [1.54, 1.807) is 0 Å². The van der Waals surface area contributed by atoms with Crippen molar-refractivity contribution in [3.8, 4) is 0 Å². The largest absolute Gasteiger partial charge is 0.480 e. The standard InChI is InChI=1S/C19H27NO2/c1-12-8-13(2)16(14(3)9-12)11-20-17-7-5-4-6-15(17)10-18(20)19(21)22/h8-9,15,17-18H,4-7,10-11H2,1-3H3,(H,21,22). The topological polar surface area (TPSA) is 40.5 Å². The van der Waals surface area contributed by atoms with Gasteiger partial charge in [-0.1, -0.05) is 30.5 Å². The van der Waals surface area contributed by atoms with Gasteiger partial charge in [0.25, 0.3) is 0 Å². The van der Waals surface area contributed by atoms with Crippen LogP contribution in [0.2, 0.25) is 0 Å². The molecular formula is C19H27NO2. The maximum absolute atomic E-state index is 11.7. The number of likely N-dealkylation sites (tertiary alicyclic amines) is 1. The Balaban J connectivity index is 1.90. The van der Waals surface area contributed by atoms with E-state index in [4.69, 9.17) is 0 Å². The fourth-order valence-corrected chi connectivity index (χ4v) is 4.66. The molecule has 1 aromatic rings. The van der Waals surface area contributed by atoms with Crippen molar-refractivity contribution in [2.24, 2.45) is 5.92 Å². The van der Waals surface area contributed by atoms with Crippen LogP contribution in [0, 0.1) is 26.7 Å². The fraction of sp³-hybridized carbons (Fsp3) is 0.632. The third-order valence-electron chi connectivity index (χ3n) is 5.69. The number of hydrogen-bond acceptors (Lipinski definition) is 2. The van der Waals surface area contributed by atoms with Gasteiger partial charge in [-0.2, -0.15) is 0 Å². The fourth-order valence-electron chi connectivity index (χ4n) is 4.66. The average molecular weight is 301 g/mol. The average Bonchev–Trinajstić information content (AvgIpc) is 2.81. The molecule has 0 aromatic heterocycles. The first-order valence-electron chi connectivity index (χ1n) is 8.52. The molecule has 0 amide bonds. The highest BCUT2D eigenvalue weighted by atomic mass is 16.4. The van der Waals surface area contributed by atoms with Crippen LogP contribution in [0.4, 0.5) is 0 Å². The van der Waals surface area contributed by atoms with Crippen molar-refractivity contribution in [1.82, 2.24) is 4.90 Å². The minimum absolute atomic E-state index is 0.298. The van der Waals surface area contributed by atoms with Gasteiger partial charge in [-0.25, -0.2) is 0 Å². The molecule has 0 spiro atoms. The van der Waals surface area contributed by atoms with Crippen LogP contribution in [0.25, 0.3) is 0 Å².